The maximum absolute atomic E-state index is 10.9. The topological polar surface area (TPSA) is 110 Å². The molecule has 8 nitrogen and oxygen atoms in total. The minimum atomic E-state index is -0.732. The van der Waals surface area contributed by atoms with Crippen molar-refractivity contribution in [3.63, 3.8) is 0 Å². The lowest BCUT2D eigenvalue weighted by Crippen LogP contribution is -2.35. The summed E-state index contributed by atoms with van der Waals surface area (Å²) in [6, 6.07) is 0. The van der Waals surface area contributed by atoms with Crippen molar-refractivity contribution in [3.05, 3.63) is 16.4 Å². The smallest absolute Gasteiger partial charge is 0.372 e. The number of aliphatic hydroxyl groups is 1. The summed E-state index contributed by atoms with van der Waals surface area (Å²) in [5.41, 5.74) is -1.08. The van der Waals surface area contributed by atoms with Crippen molar-refractivity contribution < 1.29 is 14.8 Å². The third-order valence-corrected chi connectivity index (χ3v) is 2.02. The van der Waals surface area contributed by atoms with E-state index in [0.29, 0.717) is 0 Å². The molecule has 0 saturated carbocycles. The molecule has 2 N–H and O–H groups in total. The summed E-state index contributed by atoms with van der Waals surface area (Å²) in [4.78, 5) is 17.7. The molecule has 8 heteroatoms. The fraction of sp³-hybridized carbons (Fsp3) is 0.556. The van der Waals surface area contributed by atoms with Gasteiger partial charge in [-0.05, 0) is 13.8 Å². The van der Waals surface area contributed by atoms with Gasteiger partial charge in [-0.15, -0.1) is 0 Å². The molecule has 0 amide bonds. The maximum atomic E-state index is 10.9. The Morgan fingerprint density at radius 1 is 1.59 bits per heavy atom. The predicted octanol–water partition coefficient (Wildman–Crippen LogP) is 0.576. The lowest BCUT2D eigenvalue weighted by atomic mass is 10.1. The molecule has 1 heterocycles. The summed E-state index contributed by atoms with van der Waals surface area (Å²) in [5.74, 6) is -0.109. The van der Waals surface area contributed by atoms with Crippen LogP contribution in [0, 0.1) is 10.1 Å². The average molecular weight is 242 g/mol. The summed E-state index contributed by atoms with van der Waals surface area (Å²) < 4.78 is 4.80. The zero-order valence-electron chi connectivity index (χ0n) is 9.80. The Kier molecular flexibility index (Phi) is 3.79. The van der Waals surface area contributed by atoms with Crippen molar-refractivity contribution in [1.29, 1.82) is 0 Å². The molecule has 0 bridgehead atoms. The fourth-order valence-corrected chi connectivity index (χ4v) is 1.13. The minimum Gasteiger partial charge on any atom is -0.476 e. The summed E-state index contributed by atoms with van der Waals surface area (Å²) >= 11 is 0. The molecular formula is C9H14N4O4. The molecule has 0 saturated heterocycles. The number of nitrogens with zero attached hydrogens (tertiary/aromatic N) is 3. The number of rotatable bonds is 5. The van der Waals surface area contributed by atoms with E-state index in [0.717, 1.165) is 6.33 Å². The number of hydrogen-bond acceptors (Lipinski definition) is 7. The second-order valence-electron chi connectivity index (χ2n) is 4.00. The van der Waals surface area contributed by atoms with E-state index >= 15 is 0 Å². The van der Waals surface area contributed by atoms with Gasteiger partial charge >= 0.3 is 5.69 Å². The van der Waals surface area contributed by atoms with Crippen LogP contribution in [0.25, 0.3) is 0 Å². The van der Waals surface area contributed by atoms with Gasteiger partial charge in [0, 0.05) is 0 Å². The molecule has 0 fully saturated rings. The average Bonchev–Trinajstić information content (AvgIpc) is 2.27. The molecule has 1 aromatic heterocycles. The van der Waals surface area contributed by atoms with Gasteiger partial charge in [-0.25, -0.2) is 4.98 Å². The van der Waals surface area contributed by atoms with Gasteiger partial charge in [0.1, 0.15) is 6.33 Å². The summed E-state index contributed by atoms with van der Waals surface area (Å²) in [6.07, 6.45) is 1.15. The van der Waals surface area contributed by atoms with Gasteiger partial charge in [0.15, 0.2) is 0 Å². The van der Waals surface area contributed by atoms with Gasteiger partial charge in [0.2, 0.25) is 5.82 Å². The molecule has 1 rings (SSSR count). The van der Waals surface area contributed by atoms with Crippen molar-refractivity contribution in [2.75, 3.05) is 19.0 Å². The summed E-state index contributed by atoms with van der Waals surface area (Å²) in [5, 5.41) is 22.8. The van der Waals surface area contributed by atoms with E-state index in [2.05, 4.69) is 15.3 Å². The van der Waals surface area contributed by atoms with Gasteiger partial charge in [-0.3, -0.25) is 10.1 Å². The Balaban J connectivity index is 3.19. The Morgan fingerprint density at radius 3 is 2.71 bits per heavy atom. The first-order chi connectivity index (χ1) is 7.91. The summed E-state index contributed by atoms with van der Waals surface area (Å²) in [7, 11) is 1.29. The Hall–Kier alpha value is -1.96. The third kappa shape index (κ3) is 3.00. The van der Waals surface area contributed by atoms with Crippen molar-refractivity contribution in [3.8, 4) is 5.88 Å². The van der Waals surface area contributed by atoms with Gasteiger partial charge in [-0.2, -0.15) is 4.98 Å². The quantitative estimate of drug-likeness (QED) is 0.573. The molecule has 0 aliphatic rings. The minimum absolute atomic E-state index is 0.0147. The number of methoxy groups -OCH3 is 1. The van der Waals surface area contributed by atoms with Crippen LogP contribution in [-0.4, -0.2) is 39.3 Å². The number of nitrogens with one attached hydrogen (secondary N) is 1. The predicted molar refractivity (Wildman–Crippen MR) is 60.0 cm³/mol. The molecule has 94 valence electrons. The highest BCUT2D eigenvalue weighted by molar-refractivity contribution is 5.62. The van der Waals surface area contributed by atoms with Crippen molar-refractivity contribution >= 4 is 11.5 Å². The molecule has 0 aromatic carbocycles. The van der Waals surface area contributed by atoms with E-state index in [9.17, 15) is 10.1 Å². The highest BCUT2D eigenvalue weighted by atomic mass is 16.6. The molecule has 0 atom stereocenters. The van der Waals surface area contributed by atoms with Gasteiger partial charge < -0.3 is 15.2 Å². The molecule has 0 aliphatic heterocycles. The van der Waals surface area contributed by atoms with Crippen LogP contribution in [0.15, 0.2) is 6.33 Å². The van der Waals surface area contributed by atoms with Crippen LogP contribution in [0.5, 0.6) is 5.88 Å². The molecule has 0 unspecified atom stereocenters. The first-order valence-electron chi connectivity index (χ1n) is 4.83. The number of aromatic nitrogens is 2. The largest absolute Gasteiger partial charge is 0.476 e. The second-order valence-corrected chi connectivity index (χ2v) is 4.00. The van der Waals surface area contributed by atoms with Crippen LogP contribution < -0.4 is 10.1 Å². The van der Waals surface area contributed by atoms with Gasteiger partial charge in [0.25, 0.3) is 5.88 Å². The second kappa shape index (κ2) is 4.91. The lowest BCUT2D eigenvalue weighted by molar-refractivity contribution is -0.385. The Bertz CT molecular complexity index is 421. The highest BCUT2D eigenvalue weighted by Crippen LogP contribution is 2.31. The number of hydrogen-bond donors (Lipinski definition) is 2. The molecular weight excluding hydrogens is 228 g/mol. The van der Waals surface area contributed by atoms with Crippen LogP contribution in [0.1, 0.15) is 13.8 Å². The SMILES string of the molecule is COc1ncnc(NC(C)(C)CO)c1[N+](=O)[O-]. The first kappa shape index (κ1) is 13.1. The standard InChI is InChI=1S/C9H14N4O4/c1-9(2,4-14)12-7-6(13(15)16)8(17-3)11-5-10-7/h5,14H,4H2,1-3H3,(H,10,11,12). The van der Waals surface area contributed by atoms with Gasteiger partial charge in [0.05, 0.1) is 24.2 Å². The normalized spacial score (nSPS) is 11.1. The number of anilines is 1. The van der Waals surface area contributed by atoms with Gasteiger partial charge in [-0.1, -0.05) is 0 Å². The van der Waals surface area contributed by atoms with E-state index in [1.807, 2.05) is 0 Å². The van der Waals surface area contributed by atoms with Crippen molar-refractivity contribution in [2.45, 2.75) is 19.4 Å². The zero-order chi connectivity index (χ0) is 13.1. The third-order valence-electron chi connectivity index (χ3n) is 2.02. The van der Waals surface area contributed by atoms with E-state index in [-0.39, 0.29) is 24.0 Å². The van der Waals surface area contributed by atoms with Crippen molar-refractivity contribution in [2.24, 2.45) is 0 Å². The lowest BCUT2D eigenvalue weighted by Gasteiger charge is -2.23. The van der Waals surface area contributed by atoms with Crippen LogP contribution in [0.4, 0.5) is 11.5 Å². The molecule has 17 heavy (non-hydrogen) atoms. The first-order valence-corrected chi connectivity index (χ1v) is 4.83. The van der Waals surface area contributed by atoms with Crippen molar-refractivity contribution in [1.82, 2.24) is 9.97 Å². The summed E-state index contributed by atoms with van der Waals surface area (Å²) in [6.45, 7) is 3.17. The van der Waals surface area contributed by atoms with Crippen LogP contribution >= 0.6 is 0 Å². The van der Waals surface area contributed by atoms with E-state index < -0.39 is 10.5 Å². The Morgan fingerprint density at radius 2 is 2.24 bits per heavy atom. The molecule has 1 aromatic rings. The van der Waals surface area contributed by atoms with E-state index in [4.69, 9.17) is 9.84 Å². The molecule has 0 aliphatic carbocycles. The molecule has 0 spiro atoms. The number of aliphatic hydroxyl groups excluding tert-OH is 1. The molecule has 0 radical (unpaired) electrons. The maximum Gasteiger partial charge on any atom is 0.372 e. The van der Waals surface area contributed by atoms with Crippen LogP contribution in [-0.2, 0) is 0 Å². The Labute approximate surface area is 97.8 Å². The monoisotopic (exact) mass is 242 g/mol. The fourth-order valence-electron chi connectivity index (χ4n) is 1.13. The number of ether oxygens (including phenoxy) is 1. The zero-order valence-corrected chi connectivity index (χ0v) is 9.80. The van der Waals surface area contributed by atoms with E-state index in [1.165, 1.54) is 7.11 Å². The highest BCUT2D eigenvalue weighted by Gasteiger charge is 2.27. The van der Waals surface area contributed by atoms with E-state index in [1.54, 1.807) is 13.8 Å². The van der Waals surface area contributed by atoms with Crippen LogP contribution in [0.3, 0.4) is 0 Å². The number of nitro groups is 1. The van der Waals surface area contributed by atoms with Crippen LogP contribution in [0.2, 0.25) is 0 Å².